The fraction of sp³-hybridized carbons (Fsp3) is 0.421. The molecule has 0 spiro atoms. The van der Waals surface area contributed by atoms with Crippen LogP contribution in [0.2, 0.25) is 0 Å². The van der Waals surface area contributed by atoms with Crippen molar-refractivity contribution in [2.75, 3.05) is 32.1 Å². The fourth-order valence-electron chi connectivity index (χ4n) is 2.99. The molecule has 1 heterocycles. The number of anilines is 1. The second kappa shape index (κ2) is 9.15. The van der Waals surface area contributed by atoms with E-state index >= 15 is 0 Å². The summed E-state index contributed by atoms with van der Waals surface area (Å²) in [5, 5.41) is 11.7. The summed E-state index contributed by atoms with van der Waals surface area (Å²) >= 11 is 0. The lowest BCUT2D eigenvalue weighted by Crippen LogP contribution is -2.34. The Morgan fingerprint density at radius 2 is 2.04 bits per heavy atom. The third-order valence-corrected chi connectivity index (χ3v) is 4.35. The zero-order valence-corrected chi connectivity index (χ0v) is 14.9. The number of benzene rings is 1. The monoisotopic (exact) mass is 360 g/mol. The summed E-state index contributed by atoms with van der Waals surface area (Å²) in [6.07, 6.45) is 2.64. The summed E-state index contributed by atoms with van der Waals surface area (Å²) in [4.78, 5) is 37.0. The van der Waals surface area contributed by atoms with Crippen molar-refractivity contribution in [1.29, 1.82) is 0 Å². The van der Waals surface area contributed by atoms with Crippen LogP contribution in [0, 0.1) is 5.92 Å². The number of amides is 2. The molecule has 0 aliphatic carbocycles. The number of carbonyl (C=O) groups is 3. The standard InChI is InChI=1S/C19H24N2O5/c1-3-17(22)20-15-4-5-16(14(10-15)11-18(23)24)19(25)21(2)12-13-6-8-26-9-7-13/h3-5,10,13H,1,6-9,11-12H2,2H3,(H,20,22)(H,23,24). The summed E-state index contributed by atoms with van der Waals surface area (Å²) in [5.41, 5.74) is 1.12. The second-order valence-corrected chi connectivity index (χ2v) is 6.38. The molecule has 0 radical (unpaired) electrons. The molecule has 1 aromatic rings. The second-order valence-electron chi connectivity index (χ2n) is 6.38. The summed E-state index contributed by atoms with van der Waals surface area (Å²) < 4.78 is 5.33. The molecule has 2 N–H and O–H groups in total. The van der Waals surface area contributed by atoms with E-state index in [1.807, 2.05) is 0 Å². The molecule has 0 saturated carbocycles. The van der Waals surface area contributed by atoms with Crippen LogP contribution in [-0.2, 0) is 20.7 Å². The number of aliphatic carboxylic acids is 1. The molecule has 1 saturated heterocycles. The highest BCUT2D eigenvalue weighted by Gasteiger charge is 2.22. The first-order valence-corrected chi connectivity index (χ1v) is 8.52. The predicted octanol–water partition coefficient (Wildman–Crippen LogP) is 1.94. The van der Waals surface area contributed by atoms with Crippen LogP contribution in [0.25, 0.3) is 0 Å². The van der Waals surface area contributed by atoms with Gasteiger partial charge in [-0.25, -0.2) is 0 Å². The SMILES string of the molecule is C=CC(=O)Nc1ccc(C(=O)N(C)CC2CCOCC2)c(CC(=O)O)c1. The van der Waals surface area contributed by atoms with E-state index in [0.29, 0.717) is 42.5 Å². The summed E-state index contributed by atoms with van der Waals surface area (Å²) in [7, 11) is 1.72. The first-order valence-electron chi connectivity index (χ1n) is 8.52. The van der Waals surface area contributed by atoms with E-state index in [0.717, 1.165) is 18.9 Å². The lowest BCUT2D eigenvalue weighted by Gasteiger charge is -2.27. The Morgan fingerprint density at radius 3 is 2.65 bits per heavy atom. The Kier molecular flexibility index (Phi) is 6.91. The van der Waals surface area contributed by atoms with E-state index in [4.69, 9.17) is 9.84 Å². The third kappa shape index (κ3) is 5.42. The summed E-state index contributed by atoms with van der Waals surface area (Å²) in [6, 6.07) is 4.66. The molecule has 0 aromatic heterocycles. The largest absolute Gasteiger partial charge is 0.481 e. The quantitative estimate of drug-likeness (QED) is 0.725. The van der Waals surface area contributed by atoms with Crippen molar-refractivity contribution < 1.29 is 24.2 Å². The smallest absolute Gasteiger partial charge is 0.307 e. The minimum absolute atomic E-state index is 0.227. The van der Waals surface area contributed by atoms with Gasteiger partial charge < -0.3 is 20.1 Å². The number of carbonyl (C=O) groups excluding carboxylic acids is 2. The van der Waals surface area contributed by atoms with Crippen LogP contribution in [0.3, 0.4) is 0 Å². The van der Waals surface area contributed by atoms with Gasteiger partial charge in [-0.1, -0.05) is 6.58 Å². The van der Waals surface area contributed by atoms with Crippen molar-refractivity contribution >= 4 is 23.5 Å². The molecule has 2 rings (SSSR count). The molecule has 26 heavy (non-hydrogen) atoms. The Labute approximate surface area is 152 Å². The lowest BCUT2D eigenvalue weighted by atomic mass is 9.98. The number of ether oxygens (including phenoxy) is 1. The highest BCUT2D eigenvalue weighted by atomic mass is 16.5. The van der Waals surface area contributed by atoms with Crippen molar-refractivity contribution in [3.63, 3.8) is 0 Å². The normalized spacial score (nSPS) is 14.5. The molecule has 2 amide bonds. The van der Waals surface area contributed by atoms with Crippen LogP contribution in [0.4, 0.5) is 5.69 Å². The van der Waals surface area contributed by atoms with Gasteiger partial charge in [0.05, 0.1) is 6.42 Å². The number of carboxylic acid groups (broad SMARTS) is 1. The summed E-state index contributed by atoms with van der Waals surface area (Å²) in [5.74, 6) is -1.29. The van der Waals surface area contributed by atoms with Gasteiger partial charge in [-0.15, -0.1) is 0 Å². The molecule has 1 aliphatic heterocycles. The molecule has 1 fully saturated rings. The Bertz CT molecular complexity index is 695. The molecule has 1 aliphatic rings. The van der Waals surface area contributed by atoms with Gasteiger partial charge in [0.15, 0.2) is 0 Å². The van der Waals surface area contributed by atoms with E-state index in [-0.39, 0.29) is 12.3 Å². The lowest BCUT2D eigenvalue weighted by molar-refractivity contribution is -0.136. The van der Waals surface area contributed by atoms with Gasteiger partial charge in [0.2, 0.25) is 5.91 Å². The molecule has 1 aromatic carbocycles. The number of hydrogen-bond donors (Lipinski definition) is 2. The van der Waals surface area contributed by atoms with Crippen molar-refractivity contribution in [3.05, 3.63) is 42.0 Å². The molecular weight excluding hydrogens is 336 g/mol. The molecule has 0 atom stereocenters. The van der Waals surface area contributed by atoms with Gasteiger partial charge in [0.1, 0.15) is 0 Å². The van der Waals surface area contributed by atoms with Gasteiger partial charge in [0.25, 0.3) is 5.91 Å². The first-order chi connectivity index (χ1) is 12.4. The van der Waals surface area contributed by atoms with Crippen molar-refractivity contribution in [1.82, 2.24) is 4.90 Å². The van der Waals surface area contributed by atoms with Gasteiger partial charge in [-0.05, 0) is 48.6 Å². The van der Waals surface area contributed by atoms with Crippen molar-refractivity contribution in [2.45, 2.75) is 19.3 Å². The van der Waals surface area contributed by atoms with Crippen molar-refractivity contribution in [3.8, 4) is 0 Å². The van der Waals surface area contributed by atoms with Gasteiger partial charge in [0, 0.05) is 38.1 Å². The highest BCUT2D eigenvalue weighted by molar-refractivity contribution is 6.00. The predicted molar refractivity (Wildman–Crippen MR) is 97.1 cm³/mol. The first kappa shape index (κ1) is 19.7. The maximum absolute atomic E-state index is 12.8. The maximum atomic E-state index is 12.8. The molecule has 7 nitrogen and oxygen atoms in total. The van der Waals surface area contributed by atoms with Gasteiger partial charge >= 0.3 is 5.97 Å². The van der Waals surface area contributed by atoms with Gasteiger partial charge in [-0.3, -0.25) is 14.4 Å². The molecule has 0 bridgehead atoms. The average Bonchev–Trinajstić information content (AvgIpc) is 2.61. The van der Waals surface area contributed by atoms with Crippen LogP contribution in [-0.4, -0.2) is 54.6 Å². The Balaban J connectivity index is 2.18. The zero-order valence-electron chi connectivity index (χ0n) is 14.9. The third-order valence-electron chi connectivity index (χ3n) is 4.35. The molecule has 140 valence electrons. The fourth-order valence-corrected chi connectivity index (χ4v) is 2.99. The number of carboxylic acids is 1. The maximum Gasteiger partial charge on any atom is 0.307 e. The van der Waals surface area contributed by atoms with E-state index in [9.17, 15) is 14.4 Å². The molecular formula is C19H24N2O5. The number of nitrogens with zero attached hydrogens (tertiary/aromatic N) is 1. The minimum atomic E-state index is -1.04. The minimum Gasteiger partial charge on any atom is -0.481 e. The zero-order chi connectivity index (χ0) is 19.1. The number of nitrogens with one attached hydrogen (secondary N) is 1. The molecule has 0 unspecified atom stereocenters. The van der Waals surface area contributed by atoms with Crippen LogP contribution in [0.5, 0.6) is 0 Å². The van der Waals surface area contributed by atoms with E-state index in [1.165, 1.54) is 6.07 Å². The van der Waals surface area contributed by atoms with Crippen molar-refractivity contribution in [2.24, 2.45) is 5.92 Å². The van der Waals surface area contributed by atoms with Gasteiger partial charge in [-0.2, -0.15) is 0 Å². The topological polar surface area (TPSA) is 95.9 Å². The van der Waals surface area contributed by atoms with E-state index in [2.05, 4.69) is 11.9 Å². The van der Waals surface area contributed by atoms with Crippen LogP contribution in [0.15, 0.2) is 30.9 Å². The van der Waals surface area contributed by atoms with E-state index in [1.54, 1.807) is 24.1 Å². The van der Waals surface area contributed by atoms with E-state index < -0.39 is 11.9 Å². The van der Waals surface area contributed by atoms with Crippen LogP contribution >= 0.6 is 0 Å². The molecule has 7 heteroatoms. The number of hydrogen-bond acceptors (Lipinski definition) is 4. The van der Waals surface area contributed by atoms with Crippen LogP contribution in [0.1, 0.15) is 28.8 Å². The Hall–Kier alpha value is -2.67. The Morgan fingerprint density at radius 1 is 1.35 bits per heavy atom. The number of rotatable bonds is 7. The summed E-state index contributed by atoms with van der Waals surface area (Å²) in [6.45, 7) is 5.38. The van der Waals surface area contributed by atoms with Crippen LogP contribution < -0.4 is 5.32 Å². The highest BCUT2D eigenvalue weighted by Crippen LogP contribution is 2.21. The average molecular weight is 360 g/mol.